The van der Waals surface area contributed by atoms with Crippen molar-refractivity contribution in [3.63, 3.8) is 0 Å². The predicted octanol–water partition coefficient (Wildman–Crippen LogP) is 5.06. The summed E-state index contributed by atoms with van der Waals surface area (Å²) in [5.41, 5.74) is 1.23. The van der Waals surface area contributed by atoms with E-state index in [-0.39, 0.29) is 18.9 Å². The highest BCUT2D eigenvalue weighted by Crippen LogP contribution is 2.26. The van der Waals surface area contributed by atoms with Gasteiger partial charge >= 0.3 is 11.9 Å². The zero-order valence-corrected chi connectivity index (χ0v) is 26.0. The molecule has 220 valence electrons. The van der Waals surface area contributed by atoms with Gasteiger partial charge in [0.1, 0.15) is 12.7 Å². The van der Waals surface area contributed by atoms with Crippen LogP contribution in [0.4, 0.5) is 0 Å². The van der Waals surface area contributed by atoms with Crippen molar-refractivity contribution in [3.8, 4) is 0 Å². The van der Waals surface area contributed by atoms with Crippen LogP contribution in [0.1, 0.15) is 53.5 Å². The Labute approximate surface area is 234 Å². The SMILES string of the molecule is CC[Si](CC)(CC)O[C@@H](/C=C(\C)C(=O)OCc1ccccc1)CC(=O)O[C@H](C(C)C)[C@@H](OC)C(=O)N(C)OC. The van der Waals surface area contributed by atoms with Gasteiger partial charge in [-0.05, 0) is 42.6 Å². The maximum absolute atomic E-state index is 13.2. The van der Waals surface area contributed by atoms with Gasteiger partial charge in [-0.25, -0.2) is 9.86 Å². The van der Waals surface area contributed by atoms with Gasteiger partial charge in [-0.15, -0.1) is 0 Å². The number of carbonyl (C=O) groups is 3. The molecule has 0 aromatic heterocycles. The highest BCUT2D eigenvalue weighted by atomic mass is 28.4. The number of rotatable bonds is 17. The number of methoxy groups -OCH3 is 1. The van der Waals surface area contributed by atoms with Crippen LogP contribution in [0.2, 0.25) is 18.1 Å². The van der Waals surface area contributed by atoms with E-state index in [9.17, 15) is 14.4 Å². The summed E-state index contributed by atoms with van der Waals surface area (Å²) in [6.07, 6.45) is -1.04. The molecule has 0 aliphatic heterocycles. The monoisotopic (exact) mass is 565 g/mol. The molecule has 1 aromatic carbocycles. The second-order valence-electron chi connectivity index (χ2n) is 9.89. The van der Waals surface area contributed by atoms with Crippen LogP contribution in [0.25, 0.3) is 0 Å². The van der Waals surface area contributed by atoms with Gasteiger partial charge in [-0.1, -0.05) is 65.0 Å². The largest absolute Gasteiger partial charge is 0.459 e. The third kappa shape index (κ3) is 10.9. The lowest BCUT2D eigenvalue weighted by Crippen LogP contribution is -2.48. The van der Waals surface area contributed by atoms with E-state index in [1.54, 1.807) is 13.0 Å². The van der Waals surface area contributed by atoms with Crippen LogP contribution < -0.4 is 0 Å². The Bertz CT molecular complexity index is 924. The molecule has 1 rings (SSSR count). The molecule has 0 unspecified atom stereocenters. The first-order valence-electron chi connectivity index (χ1n) is 13.6. The Kier molecular flexibility index (Phi) is 15.2. The third-order valence-corrected chi connectivity index (χ3v) is 11.6. The summed E-state index contributed by atoms with van der Waals surface area (Å²) in [6.45, 7) is 11.8. The molecule has 1 aromatic rings. The van der Waals surface area contributed by atoms with Crippen LogP contribution in [-0.4, -0.2) is 70.8 Å². The van der Waals surface area contributed by atoms with Gasteiger partial charge in [0.15, 0.2) is 14.4 Å². The summed E-state index contributed by atoms with van der Waals surface area (Å²) < 4.78 is 23.3. The molecule has 0 N–H and O–H groups in total. The fourth-order valence-corrected chi connectivity index (χ4v) is 6.99. The van der Waals surface area contributed by atoms with E-state index in [0.29, 0.717) is 5.57 Å². The molecule has 0 radical (unpaired) electrons. The van der Waals surface area contributed by atoms with Crippen LogP contribution in [-0.2, 0) is 44.5 Å². The van der Waals surface area contributed by atoms with Gasteiger partial charge in [-0.3, -0.25) is 14.4 Å². The molecule has 0 heterocycles. The highest BCUT2D eigenvalue weighted by Gasteiger charge is 2.37. The van der Waals surface area contributed by atoms with Gasteiger partial charge in [0.25, 0.3) is 5.91 Å². The first-order chi connectivity index (χ1) is 18.5. The summed E-state index contributed by atoms with van der Waals surface area (Å²) in [5.74, 6) is -1.72. The zero-order chi connectivity index (χ0) is 29.6. The third-order valence-electron chi connectivity index (χ3n) is 6.98. The number of hydrogen-bond donors (Lipinski definition) is 0. The average Bonchev–Trinajstić information content (AvgIpc) is 2.94. The topological polar surface area (TPSA) is 101 Å². The van der Waals surface area contributed by atoms with E-state index in [1.807, 2.05) is 44.2 Å². The normalized spacial score (nSPS) is 14.5. The summed E-state index contributed by atoms with van der Waals surface area (Å²) in [6, 6.07) is 12.0. The minimum absolute atomic E-state index is 0.119. The second kappa shape index (κ2) is 17.2. The van der Waals surface area contributed by atoms with E-state index in [2.05, 4.69) is 20.8 Å². The molecule has 0 fully saturated rings. The number of amides is 1. The Morgan fingerprint density at radius 1 is 1.00 bits per heavy atom. The van der Waals surface area contributed by atoms with Crippen LogP contribution in [0.3, 0.4) is 0 Å². The molecular weight excluding hydrogens is 518 g/mol. The fraction of sp³-hybridized carbons (Fsp3) is 0.621. The van der Waals surface area contributed by atoms with Crippen LogP contribution in [0.15, 0.2) is 42.0 Å². The van der Waals surface area contributed by atoms with E-state index in [0.717, 1.165) is 28.8 Å². The quantitative estimate of drug-likeness (QED) is 0.112. The molecule has 9 nitrogen and oxygen atoms in total. The van der Waals surface area contributed by atoms with Crippen molar-refractivity contribution >= 4 is 26.2 Å². The van der Waals surface area contributed by atoms with Crippen molar-refractivity contribution in [2.24, 2.45) is 5.92 Å². The van der Waals surface area contributed by atoms with E-state index in [4.69, 9.17) is 23.5 Å². The van der Waals surface area contributed by atoms with Crippen LogP contribution >= 0.6 is 0 Å². The number of ether oxygens (including phenoxy) is 3. The first kappa shape index (κ1) is 34.5. The first-order valence-corrected chi connectivity index (χ1v) is 16.1. The Balaban J connectivity index is 3.15. The Morgan fingerprint density at radius 2 is 1.59 bits per heavy atom. The number of likely N-dealkylation sites (N-methyl/N-ethyl adjacent to an activating group) is 1. The summed E-state index contributed by atoms with van der Waals surface area (Å²) in [5, 5.41) is 1.04. The average molecular weight is 566 g/mol. The maximum atomic E-state index is 13.2. The molecular formula is C29H47NO8Si. The summed E-state index contributed by atoms with van der Waals surface area (Å²) in [4.78, 5) is 43.7. The molecule has 1 amide bonds. The van der Waals surface area contributed by atoms with Gasteiger partial charge in [0.05, 0.1) is 19.6 Å². The van der Waals surface area contributed by atoms with E-state index in [1.165, 1.54) is 21.3 Å². The number of carbonyl (C=O) groups excluding carboxylic acids is 3. The van der Waals surface area contributed by atoms with Crippen LogP contribution in [0.5, 0.6) is 0 Å². The van der Waals surface area contributed by atoms with Gasteiger partial charge in [0, 0.05) is 19.7 Å². The smallest absolute Gasteiger partial charge is 0.333 e. The minimum atomic E-state index is -2.15. The number of benzene rings is 1. The van der Waals surface area contributed by atoms with E-state index >= 15 is 0 Å². The molecule has 0 bridgehead atoms. The van der Waals surface area contributed by atoms with Crippen molar-refractivity contribution in [2.45, 2.75) is 91.0 Å². The Morgan fingerprint density at radius 3 is 2.08 bits per heavy atom. The lowest BCUT2D eigenvalue weighted by molar-refractivity contribution is -0.192. The highest BCUT2D eigenvalue weighted by molar-refractivity contribution is 6.73. The molecule has 0 spiro atoms. The minimum Gasteiger partial charge on any atom is -0.459 e. The standard InChI is InChI=1S/C29H47NO8Si/c1-10-39(11-2,12-3)38-24(18-22(6)29(33)36-20-23-16-14-13-15-17-23)19-25(31)37-26(21(4)5)27(34-8)28(32)30(7)35-9/h13-18,21,24,26-27H,10-12,19-20H2,1-9H3/b22-18+/t24-,26+,27+/m0/s1. The summed E-state index contributed by atoms with van der Waals surface area (Å²) >= 11 is 0. The second-order valence-corrected chi connectivity index (χ2v) is 14.6. The molecule has 39 heavy (non-hydrogen) atoms. The Hall–Kier alpha value is -2.53. The van der Waals surface area contributed by atoms with Crippen molar-refractivity contribution in [2.75, 3.05) is 21.3 Å². The van der Waals surface area contributed by atoms with E-state index < -0.39 is 44.5 Å². The molecule has 0 aliphatic carbocycles. The zero-order valence-electron chi connectivity index (χ0n) is 25.0. The fourth-order valence-electron chi connectivity index (χ4n) is 4.20. The summed E-state index contributed by atoms with van der Waals surface area (Å²) in [7, 11) is 2.07. The molecule has 0 saturated heterocycles. The van der Waals surface area contributed by atoms with Crippen molar-refractivity contribution in [1.29, 1.82) is 0 Å². The van der Waals surface area contributed by atoms with Crippen LogP contribution in [0, 0.1) is 5.92 Å². The van der Waals surface area contributed by atoms with Crippen molar-refractivity contribution < 1.29 is 37.9 Å². The van der Waals surface area contributed by atoms with Crippen molar-refractivity contribution in [3.05, 3.63) is 47.5 Å². The number of esters is 2. The maximum Gasteiger partial charge on any atom is 0.333 e. The number of hydrogen-bond acceptors (Lipinski definition) is 8. The molecule has 0 saturated carbocycles. The van der Waals surface area contributed by atoms with Crippen molar-refractivity contribution in [1.82, 2.24) is 5.06 Å². The number of nitrogens with zero attached hydrogens (tertiary/aromatic N) is 1. The molecule has 0 aliphatic rings. The number of hydroxylamine groups is 2. The molecule has 3 atom stereocenters. The van der Waals surface area contributed by atoms with Gasteiger partial charge in [-0.2, -0.15) is 0 Å². The lowest BCUT2D eigenvalue weighted by atomic mass is 10.0. The predicted molar refractivity (Wildman–Crippen MR) is 152 cm³/mol. The van der Waals surface area contributed by atoms with Gasteiger partial charge < -0.3 is 18.6 Å². The van der Waals surface area contributed by atoms with Gasteiger partial charge in [0.2, 0.25) is 0 Å². The molecule has 10 heteroatoms. The lowest BCUT2D eigenvalue weighted by Gasteiger charge is -2.33.